The summed E-state index contributed by atoms with van der Waals surface area (Å²) in [6.45, 7) is 20.0. The van der Waals surface area contributed by atoms with Crippen molar-refractivity contribution in [3.05, 3.63) is 41.0 Å². The number of nitrogens with one attached hydrogen (secondary N) is 2. The number of benzene rings is 1. The molecule has 3 aliphatic heterocycles. The number of piperidine rings is 1. The quantitative estimate of drug-likeness (QED) is 0.169. The van der Waals surface area contributed by atoms with Crippen molar-refractivity contribution in [3.63, 3.8) is 0 Å². The maximum absolute atomic E-state index is 14.3. The third kappa shape index (κ3) is 11.0. The molecule has 4 heterocycles. The van der Waals surface area contributed by atoms with Gasteiger partial charge in [0.1, 0.15) is 12.6 Å². The number of likely N-dealkylation sites (tertiary alicyclic amines) is 3. The van der Waals surface area contributed by atoms with E-state index in [1.807, 2.05) is 24.6 Å². The number of amides is 2. The number of rotatable bonds is 12. The van der Waals surface area contributed by atoms with Gasteiger partial charge in [0, 0.05) is 31.6 Å². The van der Waals surface area contributed by atoms with Crippen molar-refractivity contribution in [2.75, 3.05) is 52.4 Å². The van der Waals surface area contributed by atoms with Gasteiger partial charge in [-0.2, -0.15) is 0 Å². The fourth-order valence-corrected chi connectivity index (χ4v) is 8.99. The first kappa shape index (κ1) is 39.1. The maximum atomic E-state index is 14.3. The van der Waals surface area contributed by atoms with Crippen LogP contribution >= 0.6 is 11.3 Å². The second-order valence-electron chi connectivity index (χ2n) is 16.2. The number of carbonyl (C=O) groups excluding carboxylic acids is 2. The van der Waals surface area contributed by atoms with Gasteiger partial charge in [0.15, 0.2) is 12.8 Å². The van der Waals surface area contributed by atoms with Crippen LogP contribution in [0.5, 0.6) is 0 Å². The topological polar surface area (TPSA) is 121 Å². The van der Waals surface area contributed by atoms with Gasteiger partial charge in [0.2, 0.25) is 5.91 Å². The monoisotopic (exact) mass is 719 g/mol. The molecule has 1 aromatic carbocycles. The summed E-state index contributed by atoms with van der Waals surface area (Å²) in [7, 11) is 0. The first-order valence-corrected chi connectivity index (χ1v) is 20.2. The zero-order valence-electron chi connectivity index (χ0n) is 31.7. The molecule has 10 nitrogen and oxygen atoms in total. The van der Waals surface area contributed by atoms with Crippen LogP contribution in [0.3, 0.4) is 0 Å². The highest BCUT2D eigenvalue weighted by atomic mass is 32.1. The summed E-state index contributed by atoms with van der Waals surface area (Å²) in [5, 5.41) is 6.65. The molecule has 4 N–H and O–H groups in total. The minimum atomic E-state index is -0.526. The second kappa shape index (κ2) is 18.6. The number of nitrogens with zero attached hydrogens (tertiary/aromatic N) is 5. The number of thiazole rings is 1. The molecule has 3 saturated heterocycles. The van der Waals surface area contributed by atoms with Gasteiger partial charge in [-0.25, -0.2) is 9.65 Å². The van der Waals surface area contributed by atoms with E-state index in [0.717, 1.165) is 72.0 Å². The average Bonchev–Trinajstić information content (AvgIpc) is 3.78. The molecule has 11 heteroatoms. The molecule has 0 radical (unpaired) electrons. The predicted octanol–water partition coefficient (Wildman–Crippen LogP) is 4.45. The van der Waals surface area contributed by atoms with Crippen molar-refractivity contribution in [2.45, 2.75) is 104 Å². The summed E-state index contributed by atoms with van der Waals surface area (Å²) in [5.74, 6) is 2.19. The highest BCUT2D eigenvalue weighted by Gasteiger charge is 2.44. The Balaban J connectivity index is 1.14. The van der Waals surface area contributed by atoms with E-state index in [-0.39, 0.29) is 11.8 Å². The molecule has 1 unspecified atom stereocenters. The highest BCUT2D eigenvalue weighted by molar-refractivity contribution is 7.13. The SMILES string of the molecule is C=[N+]=C(CN1CCCCC(CC2CCN(CCN)CC2)CC1)N[C@H](C(=O)N1CCC[C@H]1C(=O)NCc1ccc(-c2scnc2C)cc1)C(C)(C)C. The smallest absolute Gasteiger partial charge is 0.350 e. The van der Waals surface area contributed by atoms with Crippen LogP contribution in [0.25, 0.3) is 10.4 Å². The molecule has 0 bridgehead atoms. The lowest BCUT2D eigenvalue weighted by molar-refractivity contribution is -0.141. The van der Waals surface area contributed by atoms with Gasteiger partial charge < -0.3 is 20.9 Å². The normalized spacial score (nSPS) is 21.8. The van der Waals surface area contributed by atoms with E-state index in [0.29, 0.717) is 26.1 Å². The zero-order chi connectivity index (χ0) is 36.4. The largest absolute Gasteiger partial charge is 0.356 e. The predicted molar refractivity (Wildman–Crippen MR) is 211 cm³/mol. The van der Waals surface area contributed by atoms with Gasteiger partial charge >= 0.3 is 5.84 Å². The van der Waals surface area contributed by atoms with E-state index in [1.54, 1.807) is 16.2 Å². The molecule has 2 amide bonds. The Labute approximate surface area is 310 Å². The Hall–Kier alpha value is -3.08. The Morgan fingerprint density at radius 3 is 2.33 bits per heavy atom. The maximum Gasteiger partial charge on any atom is 0.356 e. The zero-order valence-corrected chi connectivity index (χ0v) is 32.5. The van der Waals surface area contributed by atoms with Crippen LogP contribution in [0.2, 0.25) is 0 Å². The molecule has 1 aromatic heterocycles. The summed E-state index contributed by atoms with van der Waals surface area (Å²) in [4.78, 5) is 40.1. The molecule has 280 valence electrons. The molecule has 5 rings (SSSR count). The van der Waals surface area contributed by atoms with E-state index < -0.39 is 17.5 Å². The van der Waals surface area contributed by atoms with E-state index in [4.69, 9.17) is 5.73 Å². The van der Waals surface area contributed by atoms with Gasteiger partial charge in [0.05, 0.1) is 16.1 Å². The number of carbonyl (C=O) groups is 2. The minimum Gasteiger partial charge on any atom is -0.350 e. The number of aryl methyl sites for hydroxylation is 1. The van der Waals surface area contributed by atoms with Crippen molar-refractivity contribution in [1.29, 1.82) is 0 Å². The number of nitrogens with two attached hydrogens (primary N) is 1. The van der Waals surface area contributed by atoms with Gasteiger partial charge in [-0.15, -0.1) is 11.3 Å². The average molecular weight is 720 g/mol. The van der Waals surface area contributed by atoms with Gasteiger partial charge in [-0.3, -0.25) is 19.8 Å². The lowest BCUT2D eigenvalue weighted by Gasteiger charge is -2.35. The second-order valence-corrected chi connectivity index (χ2v) is 17.0. The lowest BCUT2D eigenvalue weighted by Crippen LogP contribution is -2.59. The fraction of sp³-hybridized carbons (Fsp3) is 0.675. The summed E-state index contributed by atoms with van der Waals surface area (Å²) in [6, 6.07) is 7.24. The van der Waals surface area contributed by atoms with Crippen LogP contribution in [0.15, 0.2) is 29.8 Å². The van der Waals surface area contributed by atoms with Crippen LogP contribution in [0, 0.1) is 24.2 Å². The summed E-state index contributed by atoms with van der Waals surface area (Å²) in [5.41, 5.74) is 10.4. The fourth-order valence-electron chi connectivity index (χ4n) is 8.18. The number of hydrogen-bond donors (Lipinski definition) is 3. The molecule has 51 heavy (non-hydrogen) atoms. The van der Waals surface area contributed by atoms with Gasteiger partial charge in [0.25, 0.3) is 5.91 Å². The van der Waals surface area contributed by atoms with Gasteiger partial charge in [-0.1, -0.05) is 57.9 Å². The molecule has 0 saturated carbocycles. The summed E-state index contributed by atoms with van der Waals surface area (Å²) < 4.78 is 4.43. The molecular formula is C40H63N8O2S+. The molecule has 2 aromatic rings. The number of hydrogen-bond acceptors (Lipinski definition) is 7. The van der Waals surface area contributed by atoms with Crippen molar-refractivity contribution in [3.8, 4) is 10.4 Å². The molecular weight excluding hydrogens is 657 g/mol. The highest BCUT2D eigenvalue weighted by Crippen LogP contribution is 2.31. The summed E-state index contributed by atoms with van der Waals surface area (Å²) in [6.07, 6.45) is 10.4. The minimum absolute atomic E-state index is 0.0455. The third-order valence-corrected chi connectivity index (χ3v) is 12.2. The molecule has 3 atom stereocenters. The molecule has 0 spiro atoms. The van der Waals surface area contributed by atoms with Gasteiger partial charge in [-0.05, 0) is 101 Å². The first-order valence-electron chi connectivity index (χ1n) is 19.4. The lowest BCUT2D eigenvalue weighted by atomic mass is 9.82. The number of amidine groups is 1. The Morgan fingerprint density at radius 2 is 1.69 bits per heavy atom. The molecule has 3 fully saturated rings. The molecule has 3 aliphatic rings. The molecule has 0 aliphatic carbocycles. The Kier molecular flexibility index (Phi) is 14.3. The van der Waals surface area contributed by atoms with Crippen LogP contribution < -0.4 is 21.0 Å². The van der Waals surface area contributed by atoms with Crippen molar-refractivity contribution >= 4 is 35.7 Å². The van der Waals surface area contributed by atoms with Crippen LogP contribution in [0.1, 0.15) is 89.8 Å². The van der Waals surface area contributed by atoms with Crippen LogP contribution in [-0.4, -0.2) is 108 Å². The first-order chi connectivity index (χ1) is 24.5. The van der Waals surface area contributed by atoms with Crippen LogP contribution in [-0.2, 0) is 16.1 Å². The van der Waals surface area contributed by atoms with Crippen molar-refractivity contribution in [1.82, 2.24) is 35.0 Å². The Morgan fingerprint density at radius 1 is 0.980 bits per heavy atom. The van der Waals surface area contributed by atoms with E-state index in [9.17, 15) is 9.59 Å². The van der Waals surface area contributed by atoms with E-state index in [1.165, 1.54) is 58.0 Å². The van der Waals surface area contributed by atoms with E-state index in [2.05, 4.69) is 69.7 Å². The van der Waals surface area contributed by atoms with E-state index >= 15 is 0 Å². The van der Waals surface area contributed by atoms with Crippen LogP contribution in [0.4, 0.5) is 0 Å². The van der Waals surface area contributed by atoms with Crippen molar-refractivity contribution < 1.29 is 9.59 Å². The Bertz CT molecular complexity index is 1470. The standard InChI is InChI=1S/C40H62N8O2S/c1-29-36(51-28-44-29)33-13-11-32(12-14-33)26-43-38(49)34-10-8-20-48(34)39(50)37(40(2,3)4)45-35(42-5)27-47-19-7-6-9-30(17-23-47)25-31-15-21-46(22-16-31)24-18-41/h11-14,28,30-31,34,37H,5-10,15-27,41H2,1-4H3,(H,43,49)/p+1/t30?,34-,37+/m0/s1. The van der Waals surface area contributed by atoms with Crippen molar-refractivity contribution in [2.24, 2.45) is 23.0 Å². The summed E-state index contributed by atoms with van der Waals surface area (Å²) >= 11 is 1.63. The third-order valence-electron chi connectivity index (χ3n) is 11.3. The number of aromatic nitrogens is 1.